The molecule has 0 spiro atoms. The number of benzene rings is 2. The molecule has 34 heavy (non-hydrogen) atoms. The van der Waals surface area contributed by atoms with Crippen LogP contribution < -0.4 is 10.1 Å². The molecule has 2 aromatic carbocycles. The molecule has 174 valence electrons. The molecule has 1 saturated heterocycles. The van der Waals surface area contributed by atoms with E-state index >= 15 is 0 Å². The molecule has 0 bridgehead atoms. The molecule has 2 heterocycles. The van der Waals surface area contributed by atoms with E-state index in [9.17, 15) is 9.59 Å². The first-order valence-electron chi connectivity index (χ1n) is 12.0. The maximum absolute atomic E-state index is 13.5. The first-order valence-corrected chi connectivity index (χ1v) is 12.0. The Morgan fingerprint density at radius 2 is 1.79 bits per heavy atom. The van der Waals surface area contributed by atoms with Crippen LogP contribution >= 0.6 is 0 Å². The number of nitrogens with zero attached hydrogens (tertiary/aromatic N) is 2. The monoisotopic (exact) mass is 455 g/mol. The Hall–Kier alpha value is -3.67. The van der Waals surface area contributed by atoms with Crippen molar-refractivity contribution in [1.29, 1.82) is 0 Å². The average Bonchev–Trinajstić information content (AvgIpc) is 3.28. The zero-order chi connectivity index (χ0) is 23.3. The van der Waals surface area contributed by atoms with Crippen molar-refractivity contribution in [1.82, 2.24) is 9.88 Å². The van der Waals surface area contributed by atoms with E-state index in [4.69, 9.17) is 4.74 Å². The van der Waals surface area contributed by atoms with Crippen LogP contribution in [0.15, 0.2) is 79.0 Å². The van der Waals surface area contributed by atoms with Crippen LogP contribution in [0.3, 0.4) is 0 Å². The van der Waals surface area contributed by atoms with E-state index in [0.717, 1.165) is 25.0 Å². The van der Waals surface area contributed by atoms with Gasteiger partial charge in [0.2, 0.25) is 5.91 Å². The predicted molar refractivity (Wildman–Crippen MR) is 130 cm³/mol. The van der Waals surface area contributed by atoms with Gasteiger partial charge in [-0.2, -0.15) is 0 Å². The molecule has 1 aliphatic carbocycles. The Kier molecular flexibility index (Phi) is 6.56. The molecule has 2 amide bonds. The van der Waals surface area contributed by atoms with Crippen LogP contribution in [0.5, 0.6) is 5.75 Å². The Morgan fingerprint density at radius 1 is 0.971 bits per heavy atom. The third-order valence-corrected chi connectivity index (χ3v) is 6.86. The second-order valence-corrected chi connectivity index (χ2v) is 9.07. The summed E-state index contributed by atoms with van der Waals surface area (Å²) >= 11 is 0. The minimum atomic E-state index is -0.473. The van der Waals surface area contributed by atoms with Gasteiger partial charge >= 0.3 is 0 Å². The van der Waals surface area contributed by atoms with Gasteiger partial charge in [0.15, 0.2) is 0 Å². The molecule has 3 atom stereocenters. The lowest BCUT2D eigenvalue weighted by molar-refractivity contribution is -0.120. The van der Waals surface area contributed by atoms with Gasteiger partial charge in [0, 0.05) is 29.6 Å². The molecule has 6 heteroatoms. The van der Waals surface area contributed by atoms with E-state index in [1.165, 1.54) is 6.42 Å². The second-order valence-electron chi connectivity index (χ2n) is 9.07. The van der Waals surface area contributed by atoms with Crippen molar-refractivity contribution in [3.63, 3.8) is 0 Å². The number of aromatic nitrogens is 1. The van der Waals surface area contributed by atoms with Crippen molar-refractivity contribution in [2.75, 3.05) is 5.32 Å². The Morgan fingerprint density at radius 3 is 2.62 bits per heavy atom. The van der Waals surface area contributed by atoms with Crippen molar-refractivity contribution in [2.45, 2.75) is 50.8 Å². The Labute approximate surface area is 200 Å². The van der Waals surface area contributed by atoms with Gasteiger partial charge in [0.25, 0.3) is 5.91 Å². The highest BCUT2D eigenvalue weighted by atomic mass is 16.5. The molecule has 2 aliphatic rings. The van der Waals surface area contributed by atoms with Gasteiger partial charge in [0.05, 0.1) is 5.69 Å². The van der Waals surface area contributed by atoms with Gasteiger partial charge in [-0.05, 0) is 61.6 Å². The Bertz CT molecular complexity index is 1140. The van der Waals surface area contributed by atoms with E-state index in [1.807, 2.05) is 77.7 Å². The molecular formula is C28H29N3O3. The highest BCUT2D eigenvalue weighted by Crippen LogP contribution is 2.41. The van der Waals surface area contributed by atoms with E-state index in [-0.39, 0.29) is 17.9 Å². The maximum Gasteiger partial charge on any atom is 0.254 e. The van der Waals surface area contributed by atoms with E-state index in [1.54, 1.807) is 6.20 Å². The van der Waals surface area contributed by atoms with Gasteiger partial charge < -0.3 is 15.0 Å². The zero-order valence-corrected chi connectivity index (χ0v) is 19.1. The molecule has 3 aromatic rings. The number of pyridine rings is 1. The number of hydrogen-bond acceptors (Lipinski definition) is 4. The van der Waals surface area contributed by atoms with Crippen LogP contribution in [0.2, 0.25) is 0 Å². The van der Waals surface area contributed by atoms with Gasteiger partial charge in [-0.3, -0.25) is 14.6 Å². The molecule has 6 nitrogen and oxygen atoms in total. The first-order chi connectivity index (χ1) is 16.7. The number of amides is 2. The minimum Gasteiger partial charge on any atom is -0.487 e. The number of likely N-dealkylation sites (tertiary alicyclic amines) is 1. The maximum atomic E-state index is 13.5. The summed E-state index contributed by atoms with van der Waals surface area (Å²) in [7, 11) is 0. The summed E-state index contributed by atoms with van der Waals surface area (Å²) in [5.74, 6) is 0.842. The van der Waals surface area contributed by atoms with Crippen molar-refractivity contribution in [3.8, 4) is 5.75 Å². The molecule has 0 radical (unpaired) electrons. The van der Waals surface area contributed by atoms with Crippen molar-refractivity contribution < 1.29 is 14.3 Å². The number of rotatable bonds is 6. The summed E-state index contributed by atoms with van der Waals surface area (Å²) in [4.78, 5) is 33.0. The van der Waals surface area contributed by atoms with Crippen LogP contribution in [0.25, 0.3) is 0 Å². The van der Waals surface area contributed by atoms with Crippen molar-refractivity contribution >= 4 is 17.5 Å². The second kappa shape index (κ2) is 10.1. The van der Waals surface area contributed by atoms with Crippen LogP contribution in [-0.4, -0.2) is 33.8 Å². The highest BCUT2D eigenvalue weighted by Gasteiger charge is 2.47. The lowest BCUT2D eigenvalue weighted by Gasteiger charge is -2.33. The summed E-state index contributed by atoms with van der Waals surface area (Å²) in [6, 6.07) is 22.0. The summed E-state index contributed by atoms with van der Waals surface area (Å²) in [5.41, 5.74) is 2.13. The number of carbonyl (C=O) groups excluding carboxylic acids is 2. The molecule has 1 N–H and O–H groups in total. The van der Waals surface area contributed by atoms with Gasteiger partial charge in [-0.1, -0.05) is 43.2 Å². The fourth-order valence-electron chi connectivity index (χ4n) is 5.25. The summed E-state index contributed by atoms with van der Waals surface area (Å²) in [5, 5.41) is 3.04. The molecule has 3 unspecified atom stereocenters. The van der Waals surface area contributed by atoms with Gasteiger partial charge in [-0.15, -0.1) is 0 Å². The number of fused-ring (bicyclic) bond motifs is 1. The SMILES string of the molecule is O=C(Nc1cccc(OCc2ccccn2)c1)C1CC2CCCCC2N1C(=O)c1ccccc1. The number of anilines is 1. The number of carbonyl (C=O) groups is 2. The third-order valence-electron chi connectivity index (χ3n) is 6.86. The number of ether oxygens (including phenoxy) is 1. The molecule has 1 aliphatic heterocycles. The normalized spacial score (nSPS) is 21.5. The molecular weight excluding hydrogens is 426 g/mol. The lowest BCUT2D eigenvalue weighted by Crippen LogP contribution is -2.47. The number of hydrogen-bond donors (Lipinski definition) is 1. The largest absolute Gasteiger partial charge is 0.487 e. The lowest BCUT2D eigenvalue weighted by atomic mass is 9.84. The van der Waals surface area contributed by atoms with Crippen LogP contribution in [-0.2, 0) is 11.4 Å². The summed E-state index contributed by atoms with van der Waals surface area (Å²) in [6.45, 7) is 0.351. The summed E-state index contributed by atoms with van der Waals surface area (Å²) in [6.07, 6.45) is 6.75. The number of nitrogens with one attached hydrogen (secondary N) is 1. The minimum absolute atomic E-state index is 0.0532. The van der Waals surface area contributed by atoms with E-state index < -0.39 is 6.04 Å². The van der Waals surface area contributed by atoms with Crippen molar-refractivity contribution in [3.05, 3.63) is 90.3 Å². The first kappa shape index (κ1) is 22.1. The van der Waals surface area contributed by atoms with Crippen LogP contribution in [0, 0.1) is 5.92 Å². The Balaban J connectivity index is 1.31. The van der Waals surface area contributed by atoms with E-state index in [2.05, 4.69) is 10.3 Å². The van der Waals surface area contributed by atoms with Gasteiger partial charge in [0.1, 0.15) is 18.4 Å². The summed E-state index contributed by atoms with van der Waals surface area (Å²) < 4.78 is 5.86. The molecule has 1 saturated carbocycles. The molecule has 1 aromatic heterocycles. The smallest absolute Gasteiger partial charge is 0.254 e. The average molecular weight is 456 g/mol. The van der Waals surface area contributed by atoms with Crippen LogP contribution in [0.4, 0.5) is 5.69 Å². The fourth-order valence-corrected chi connectivity index (χ4v) is 5.25. The van der Waals surface area contributed by atoms with Crippen molar-refractivity contribution in [2.24, 2.45) is 5.92 Å². The quantitative estimate of drug-likeness (QED) is 0.563. The molecule has 5 rings (SSSR count). The topological polar surface area (TPSA) is 71.5 Å². The molecule has 2 fully saturated rings. The predicted octanol–water partition coefficient (Wildman–Crippen LogP) is 5.07. The fraction of sp³-hybridized carbons (Fsp3) is 0.321. The third kappa shape index (κ3) is 4.81. The standard InChI is InChI=1S/C28H29N3O3/c32-27(30-22-13-8-14-24(18-22)34-19-23-12-6-7-16-29-23)26-17-21-11-4-5-15-25(21)31(26)28(33)20-9-2-1-3-10-20/h1-3,6-10,12-14,16,18,21,25-26H,4-5,11,15,17,19H2,(H,30,32). The van der Waals surface area contributed by atoms with Crippen LogP contribution in [0.1, 0.15) is 48.2 Å². The zero-order valence-electron chi connectivity index (χ0n) is 19.1. The van der Waals surface area contributed by atoms with Gasteiger partial charge in [-0.25, -0.2) is 0 Å². The van der Waals surface area contributed by atoms with E-state index in [0.29, 0.717) is 35.9 Å². The highest BCUT2D eigenvalue weighted by molar-refractivity contribution is 6.02.